The van der Waals surface area contributed by atoms with E-state index in [2.05, 4.69) is 10.3 Å². The Kier molecular flexibility index (Phi) is 10.6. The fourth-order valence-electron chi connectivity index (χ4n) is 4.09. The van der Waals surface area contributed by atoms with E-state index in [1.807, 2.05) is 43.6 Å². The van der Waals surface area contributed by atoms with Crippen LogP contribution in [0.5, 0.6) is 0 Å². The number of fused-ring (bicyclic) bond motifs is 1. The normalized spacial score (nSPS) is 20.0. The van der Waals surface area contributed by atoms with Crippen molar-refractivity contribution in [2.75, 3.05) is 31.9 Å². The molecule has 1 aromatic heterocycles. The van der Waals surface area contributed by atoms with Gasteiger partial charge in [-0.25, -0.2) is 13.2 Å². The zero-order valence-electron chi connectivity index (χ0n) is 20.8. The lowest BCUT2D eigenvalue weighted by Gasteiger charge is -2.26. The van der Waals surface area contributed by atoms with Crippen LogP contribution in [0.25, 0.3) is 16.8 Å². The van der Waals surface area contributed by atoms with E-state index in [1.54, 1.807) is 10.4 Å². The number of carbonyl (C=O) groups is 2. The van der Waals surface area contributed by atoms with Gasteiger partial charge in [0.1, 0.15) is 0 Å². The number of pyridine rings is 1. The smallest absolute Gasteiger partial charge is 0.331 e. The van der Waals surface area contributed by atoms with Crippen molar-refractivity contribution in [3.63, 3.8) is 0 Å². The Morgan fingerprint density at radius 3 is 2.54 bits per heavy atom. The molecule has 0 bridgehead atoms. The van der Waals surface area contributed by atoms with Crippen molar-refractivity contribution in [2.24, 2.45) is 5.41 Å². The molecule has 200 valence electrons. The summed E-state index contributed by atoms with van der Waals surface area (Å²) in [6.45, 7) is 6.06. The molecule has 0 radical (unpaired) electrons. The van der Waals surface area contributed by atoms with Crippen molar-refractivity contribution >= 4 is 51.2 Å². The number of aromatic nitrogens is 1. The Morgan fingerprint density at radius 2 is 1.89 bits per heavy atom. The fourth-order valence-corrected chi connectivity index (χ4v) is 5.38. The maximum absolute atomic E-state index is 12.3. The van der Waals surface area contributed by atoms with E-state index in [4.69, 9.17) is 10.2 Å². The van der Waals surface area contributed by atoms with Crippen LogP contribution in [-0.2, 0) is 19.6 Å². The topological polar surface area (TPSA) is 137 Å². The summed E-state index contributed by atoms with van der Waals surface area (Å²) < 4.78 is 26.2. The molecule has 11 heteroatoms. The molecule has 0 amide bonds. The minimum absolute atomic E-state index is 0. The van der Waals surface area contributed by atoms with E-state index in [-0.39, 0.29) is 30.2 Å². The summed E-state index contributed by atoms with van der Waals surface area (Å²) in [5, 5.41) is 22.8. The highest BCUT2D eigenvalue weighted by Crippen LogP contribution is 2.31. The van der Waals surface area contributed by atoms with Gasteiger partial charge in [-0.15, -0.1) is 12.4 Å². The molecule has 37 heavy (non-hydrogen) atoms. The Balaban J connectivity index is 0.000000295. The lowest BCUT2D eigenvalue weighted by atomic mass is 9.80. The van der Waals surface area contributed by atoms with E-state index < -0.39 is 27.4 Å². The maximum atomic E-state index is 12.3. The van der Waals surface area contributed by atoms with Crippen LogP contribution in [-0.4, -0.2) is 71.8 Å². The molecular weight excluding hydrogens is 518 g/mol. The number of aryl methyl sites for hydroxylation is 1. The van der Waals surface area contributed by atoms with Crippen molar-refractivity contribution in [3.05, 3.63) is 71.6 Å². The second-order valence-corrected chi connectivity index (χ2v) is 11.0. The first-order valence-corrected chi connectivity index (χ1v) is 13.2. The number of aliphatic carboxylic acids is 2. The number of rotatable bonds is 6. The third kappa shape index (κ3) is 7.72. The van der Waals surface area contributed by atoms with Gasteiger partial charge in [-0.05, 0) is 36.8 Å². The number of allylic oxidation sites excluding steroid dienone is 2. The number of benzene rings is 1. The van der Waals surface area contributed by atoms with E-state index in [0.29, 0.717) is 13.1 Å². The molecule has 1 saturated heterocycles. The van der Waals surface area contributed by atoms with Gasteiger partial charge in [0.15, 0.2) is 0 Å². The van der Waals surface area contributed by atoms with Crippen LogP contribution in [0.1, 0.15) is 24.5 Å². The minimum atomic E-state index is -3.22. The highest BCUT2D eigenvalue weighted by Gasteiger charge is 2.34. The SMILES string of the molecule is C[C@]1(C(=O)O)C=CC=C(C(=O)O)C1.Cc1cncc2cccc(C=CCS(=O)(=O)N3CCNCC3)c12.Cl. The third-order valence-corrected chi connectivity index (χ3v) is 7.93. The first-order chi connectivity index (χ1) is 17.0. The van der Waals surface area contributed by atoms with Gasteiger partial charge >= 0.3 is 11.9 Å². The van der Waals surface area contributed by atoms with Crippen LogP contribution in [0, 0.1) is 12.3 Å². The summed E-state index contributed by atoms with van der Waals surface area (Å²) >= 11 is 0. The molecule has 1 aliphatic heterocycles. The first-order valence-electron chi connectivity index (χ1n) is 11.6. The Labute approximate surface area is 223 Å². The summed E-state index contributed by atoms with van der Waals surface area (Å²) in [6, 6.07) is 5.99. The van der Waals surface area contributed by atoms with Crippen LogP contribution in [0.2, 0.25) is 0 Å². The largest absolute Gasteiger partial charge is 0.481 e. The van der Waals surface area contributed by atoms with E-state index in [0.717, 1.165) is 35.0 Å². The molecule has 4 rings (SSSR count). The Bertz CT molecular complexity index is 1330. The monoisotopic (exact) mass is 549 g/mol. The summed E-state index contributed by atoms with van der Waals surface area (Å²) in [4.78, 5) is 25.5. The van der Waals surface area contributed by atoms with E-state index in [9.17, 15) is 18.0 Å². The molecule has 9 nitrogen and oxygen atoms in total. The van der Waals surface area contributed by atoms with Gasteiger partial charge in [0.05, 0.1) is 11.2 Å². The molecule has 2 aromatic rings. The van der Waals surface area contributed by atoms with Gasteiger partial charge in [0.25, 0.3) is 0 Å². The standard InChI is InChI=1S/C17H21N3O2S.C9H10O4.ClH/c1-14-12-19-13-16-5-2-4-15(17(14)16)6-3-11-23(21,22)20-9-7-18-8-10-20;1-9(8(12)13)4-2-3-6(5-9)7(10)11;/h2-6,12-13,18H,7-11H2,1H3;2-4H,5H2,1H3,(H,10,11)(H,12,13);1H/t;9-;/m.0./s1. The van der Waals surface area contributed by atoms with E-state index in [1.165, 1.54) is 25.2 Å². The molecule has 1 atom stereocenters. The number of carboxylic acids is 2. The number of nitrogens with zero attached hydrogens (tertiary/aromatic N) is 2. The van der Waals surface area contributed by atoms with Gasteiger partial charge in [0.2, 0.25) is 10.0 Å². The van der Waals surface area contributed by atoms with Gasteiger partial charge in [-0.1, -0.05) is 48.6 Å². The summed E-state index contributed by atoms with van der Waals surface area (Å²) in [6.07, 6.45) is 11.7. The van der Waals surface area contributed by atoms with Crippen molar-refractivity contribution in [2.45, 2.75) is 20.3 Å². The number of hydrogen-bond donors (Lipinski definition) is 3. The number of nitrogens with one attached hydrogen (secondary N) is 1. The molecule has 2 heterocycles. The predicted octanol–water partition coefficient (Wildman–Crippen LogP) is 3.26. The predicted molar refractivity (Wildman–Crippen MR) is 146 cm³/mol. The summed E-state index contributed by atoms with van der Waals surface area (Å²) in [5.74, 6) is -2.03. The highest BCUT2D eigenvalue weighted by molar-refractivity contribution is 7.89. The summed E-state index contributed by atoms with van der Waals surface area (Å²) in [7, 11) is -3.22. The van der Waals surface area contributed by atoms with Crippen molar-refractivity contribution in [3.8, 4) is 0 Å². The first kappa shape index (κ1) is 30.2. The molecular formula is C26H32ClN3O6S. The quantitative estimate of drug-likeness (QED) is 0.499. The molecule has 3 N–H and O–H groups in total. The number of hydrogen-bond acceptors (Lipinski definition) is 6. The van der Waals surface area contributed by atoms with Crippen LogP contribution >= 0.6 is 12.4 Å². The summed E-state index contributed by atoms with van der Waals surface area (Å²) in [5.41, 5.74) is 1.17. The maximum Gasteiger partial charge on any atom is 0.331 e. The van der Waals surface area contributed by atoms with E-state index >= 15 is 0 Å². The molecule has 0 spiro atoms. The fraction of sp³-hybridized carbons (Fsp3) is 0.346. The number of halogens is 1. The third-order valence-electron chi connectivity index (χ3n) is 6.16. The van der Waals surface area contributed by atoms with Crippen molar-refractivity contribution in [1.29, 1.82) is 0 Å². The van der Waals surface area contributed by atoms with Gasteiger partial charge in [0, 0.05) is 49.5 Å². The lowest BCUT2D eigenvalue weighted by molar-refractivity contribution is -0.145. The Morgan fingerprint density at radius 1 is 1.19 bits per heavy atom. The van der Waals surface area contributed by atoms with Gasteiger partial charge in [-0.3, -0.25) is 9.78 Å². The molecule has 1 aliphatic carbocycles. The average molecular weight is 550 g/mol. The lowest BCUT2D eigenvalue weighted by Crippen LogP contribution is -2.46. The Hall–Kier alpha value is -3.05. The molecule has 0 unspecified atom stereocenters. The highest BCUT2D eigenvalue weighted by atomic mass is 35.5. The minimum Gasteiger partial charge on any atom is -0.481 e. The van der Waals surface area contributed by atoms with Gasteiger partial charge in [-0.2, -0.15) is 4.31 Å². The second kappa shape index (κ2) is 13.0. The molecule has 1 aromatic carbocycles. The number of carboxylic acid groups (broad SMARTS) is 2. The zero-order valence-corrected chi connectivity index (χ0v) is 22.4. The number of piperazine rings is 1. The molecule has 2 aliphatic rings. The number of sulfonamides is 1. The van der Waals surface area contributed by atoms with Crippen LogP contribution in [0.3, 0.4) is 0 Å². The molecule has 0 saturated carbocycles. The van der Waals surface area contributed by atoms with Crippen molar-refractivity contribution in [1.82, 2.24) is 14.6 Å². The van der Waals surface area contributed by atoms with Crippen molar-refractivity contribution < 1.29 is 28.2 Å². The van der Waals surface area contributed by atoms with Gasteiger partial charge < -0.3 is 15.5 Å². The van der Waals surface area contributed by atoms with Crippen LogP contribution < -0.4 is 5.32 Å². The van der Waals surface area contributed by atoms with Crippen LogP contribution in [0.4, 0.5) is 0 Å². The van der Waals surface area contributed by atoms with Crippen LogP contribution in [0.15, 0.2) is 60.5 Å². The molecule has 1 fully saturated rings. The average Bonchev–Trinajstić information content (AvgIpc) is 2.85. The zero-order chi connectivity index (χ0) is 26.3. The second-order valence-electron chi connectivity index (χ2n) is 8.99.